The fourth-order valence-electron chi connectivity index (χ4n) is 1.90. The lowest BCUT2D eigenvalue weighted by molar-refractivity contribution is -0.130. The van der Waals surface area contributed by atoms with Gasteiger partial charge in [-0.3, -0.25) is 4.79 Å². The van der Waals surface area contributed by atoms with Crippen molar-refractivity contribution >= 4 is 17.5 Å². The monoisotopic (exact) mass is 267 g/mol. The van der Waals surface area contributed by atoms with Crippen LogP contribution in [0.4, 0.5) is 0 Å². The highest BCUT2D eigenvalue weighted by Gasteiger charge is 2.11. The van der Waals surface area contributed by atoms with Crippen LogP contribution in [0.2, 0.25) is 0 Å². The Morgan fingerprint density at radius 1 is 1.22 bits per heavy atom. The molecule has 2 nitrogen and oxygen atoms in total. The van der Waals surface area contributed by atoms with Crippen molar-refractivity contribution in [2.24, 2.45) is 0 Å². The van der Waals surface area contributed by atoms with Crippen LogP contribution in [0.5, 0.6) is 0 Å². The fourth-order valence-corrected chi connectivity index (χ4v) is 2.10. The van der Waals surface area contributed by atoms with Crippen molar-refractivity contribution in [2.45, 2.75) is 33.1 Å². The summed E-state index contributed by atoms with van der Waals surface area (Å²) < 4.78 is 0. The number of aryl methyl sites for hydroxylation is 2. The molecule has 3 heteroatoms. The molecule has 0 aliphatic rings. The maximum Gasteiger partial charge on any atom is 0.222 e. The molecule has 100 valence electrons. The van der Waals surface area contributed by atoms with Gasteiger partial charge in [-0.25, -0.2) is 0 Å². The molecule has 0 unspecified atom stereocenters. The molecule has 0 aromatic heterocycles. The smallest absolute Gasteiger partial charge is 0.222 e. The maximum atomic E-state index is 12.0. The van der Waals surface area contributed by atoms with Gasteiger partial charge in [0.1, 0.15) is 0 Å². The van der Waals surface area contributed by atoms with Crippen molar-refractivity contribution in [1.29, 1.82) is 0 Å². The Balaban J connectivity index is 2.45. The van der Waals surface area contributed by atoms with Gasteiger partial charge < -0.3 is 4.90 Å². The molecule has 0 fully saturated rings. The van der Waals surface area contributed by atoms with E-state index in [4.69, 9.17) is 11.6 Å². The molecular weight excluding hydrogens is 246 g/mol. The summed E-state index contributed by atoms with van der Waals surface area (Å²) >= 11 is 5.72. The number of alkyl halides is 1. The first-order valence-electron chi connectivity index (χ1n) is 6.56. The summed E-state index contributed by atoms with van der Waals surface area (Å²) in [6.07, 6.45) is 2.36. The molecule has 0 heterocycles. The molecule has 0 N–H and O–H groups in total. The second-order valence-electron chi connectivity index (χ2n) is 4.56. The van der Waals surface area contributed by atoms with Crippen LogP contribution in [0, 0.1) is 6.92 Å². The summed E-state index contributed by atoms with van der Waals surface area (Å²) in [5, 5.41) is 0. The normalized spacial score (nSPS) is 10.4. The molecule has 0 spiro atoms. The van der Waals surface area contributed by atoms with Gasteiger partial charge in [-0.2, -0.15) is 0 Å². The zero-order valence-electron chi connectivity index (χ0n) is 11.3. The van der Waals surface area contributed by atoms with Crippen LogP contribution in [0.25, 0.3) is 0 Å². The average Bonchev–Trinajstić information content (AvgIpc) is 2.37. The van der Waals surface area contributed by atoms with E-state index >= 15 is 0 Å². The van der Waals surface area contributed by atoms with E-state index in [2.05, 4.69) is 38.1 Å². The molecule has 0 atom stereocenters. The Hall–Kier alpha value is -1.02. The van der Waals surface area contributed by atoms with E-state index in [1.807, 2.05) is 4.90 Å². The van der Waals surface area contributed by atoms with Gasteiger partial charge in [0.05, 0.1) is 0 Å². The molecule has 18 heavy (non-hydrogen) atoms. The number of halogens is 1. The Labute approximate surface area is 115 Å². The zero-order chi connectivity index (χ0) is 13.4. The standard InChI is InChI=1S/C15H22ClNO/c1-3-11-17(12-10-16)15(18)9-8-14-6-4-13(2)5-7-14/h4-7H,3,8-12H2,1-2H3. The molecule has 0 saturated carbocycles. The Morgan fingerprint density at radius 3 is 2.44 bits per heavy atom. The first kappa shape index (κ1) is 15.0. The maximum absolute atomic E-state index is 12.0. The lowest BCUT2D eigenvalue weighted by atomic mass is 10.1. The molecule has 1 amide bonds. The minimum Gasteiger partial charge on any atom is -0.342 e. The van der Waals surface area contributed by atoms with Gasteiger partial charge in [-0.1, -0.05) is 36.8 Å². The molecule has 1 aromatic rings. The number of benzene rings is 1. The third-order valence-electron chi connectivity index (χ3n) is 2.95. The Kier molecular flexibility index (Phi) is 6.81. The number of hydrogen-bond donors (Lipinski definition) is 0. The quantitative estimate of drug-likeness (QED) is 0.694. The largest absolute Gasteiger partial charge is 0.342 e. The van der Waals surface area contributed by atoms with Crippen LogP contribution in [0.15, 0.2) is 24.3 Å². The summed E-state index contributed by atoms with van der Waals surface area (Å²) in [7, 11) is 0. The van der Waals surface area contributed by atoms with E-state index in [0.29, 0.717) is 18.8 Å². The van der Waals surface area contributed by atoms with Gasteiger partial charge in [0.2, 0.25) is 5.91 Å². The highest BCUT2D eigenvalue weighted by molar-refractivity contribution is 6.18. The first-order valence-corrected chi connectivity index (χ1v) is 7.10. The van der Waals surface area contributed by atoms with Gasteiger partial charge >= 0.3 is 0 Å². The number of nitrogens with zero attached hydrogens (tertiary/aromatic N) is 1. The summed E-state index contributed by atoms with van der Waals surface area (Å²) in [6, 6.07) is 8.35. The van der Waals surface area contributed by atoms with Crippen molar-refractivity contribution < 1.29 is 4.79 Å². The van der Waals surface area contributed by atoms with Crippen molar-refractivity contribution in [1.82, 2.24) is 4.90 Å². The van der Waals surface area contributed by atoms with Crippen LogP contribution in [-0.2, 0) is 11.2 Å². The predicted octanol–water partition coefficient (Wildman–Crippen LogP) is 3.41. The summed E-state index contributed by atoms with van der Waals surface area (Å²) in [6.45, 7) is 5.61. The third-order valence-corrected chi connectivity index (χ3v) is 3.12. The predicted molar refractivity (Wildman–Crippen MR) is 77.1 cm³/mol. The minimum absolute atomic E-state index is 0.207. The highest BCUT2D eigenvalue weighted by atomic mass is 35.5. The van der Waals surface area contributed by atoms with E-state index < -0.39 is 0 Å². The van der Waals surface area contributed by atoms with Crippen LogP contribution in [-0.4, -0.2) is 29.8 Å². The van der Waals surface area contributed by atoms with Crippen molar-refractivity contribution in [3.05, 3.63) is 35.4 Å². The summed E-state index contributed by atoms with van der Waals surface area (Å²) in [5.41, 5.74) is 2.47. The van der Waals surface area contributed by atoms with E-state index in [-0.39, 0.29) is 5.91 Å². The molecule has 0 aliphatic carbocycles. The van der Waals surface area contributed by atoms with E-state index in [9.17, 15) is 4.79 Å². The van der Waals surface area contributed by atoms with E-state index in [1.54, 1.807) is 0 Å². The van der Waals surface area contributed by atoms with Crippen molar-refractivity contribution in [2.75, 3.05) is 19.0 Å². The van der Waals surface area contributed by atoms with Gasteiger partial charge in [-0.05, 0) is 25.3 Å². The molecule has 0 bridgehead atoms. The summed E-state index contributed by atoms with van der Waals surface area (Å²) in [4.78, 5) is 13.9. The van der Waals surface area contributed by atoms with E-state index in [1.165, 1.54) is 11.1 Å². The van der Waals surface area contributed by atoms with Crippen LogP contribution < -0.4 is 0 Å². The number of amides is 1. The topological polar surface area (TPSA) is 20.3 Å². The molecule has 0 saturated heterocycles. The first-order chi connectivity index (χ1) is 8.67. The van der Waals surface area contributed by atoms with Gasteiger partial charge in [0.25, 0.3) is 0 Å². The van der Waals surface area contributed by atoms with Gasteiger partial charge in [-0.15, -0.1) is 11.6 Å². The molecule has 1 rings (SSSR count). The number of carbonyl (C=O) groups is 1. The number of hydrogen-bond acceptors (Lipinski definition) is 1. The summed E-state index contributed by atoms with van der Waals surface area (Å²) in [5.74, 6) is 0.717. The van der Waals surface area contributed by atoms with Crippen molar-refractivity contribution in [3.63, 3.8) is 0 Å². The average molecular weight is 268 g/mol. The molecule has 0 radical (unpaired) electrons. The molecule has 1 aromatic carbocycles. The second kappa shape index (κ2) is 8.15. The lowest BCUT2D eigenvalue weighted by Crippen LogP contribution is -2.33. The fraction of sp³-hybridized carbons (Fsp3) is 0.533. The zero-order valence-corrected chi connectivity index (χ0v) is 12.0. The van der Waals surface area contributed by atoms with Crippen molar-refractivity contribution in [3.8, 4) is 0 Å². The van der Waals surface area contributed by atoms with Gasteiger partial charge in [0, 0.05) is 25.4 Å². The van der Waals surface area contributed by atoms with Crippen LogP contribution in [0.3, 0.4) is 0 Å². The minimum atomic E-state index is 0.207. The second-order valence-corrected chi connectivity index (χ2v) is 4.93. The number of rotatable bonds is 7. The molecule has 0 aliphatic heterocycles. The Morgan fingerprint density at radius 2 is 1.89 bits per heavy atom. The SMILES string of the molecule is CCCN(CCCl)C(=O)CCc1ccc(C)cc1. The third kappa shape index (κ3) is 5.09. The Bertz CT molecular complexity index is 355. The highest BCUT2D eigenvalue weighted by Crippen LogP contribution is 2.07. The van der Waals surface area contributed by atoms with E-state index in [0.717, 1.165) is 19.4 Å². The van der Waals surface area contributed by atoms with Crippen LogP contribution >= 0.6 is 11.6 Å². The van der Waals surface area contributed by atoms with Gasteiger partial charge in [0.15, 0.2) is 0 Å². The van der Waals surface area contributed by atoms with Crippen LogP contribution in [0.1, 0.15) is 30.9 Å². The number of carbonyl (C=O) groups excluding carboxylic acids is 1. The lowest BCUT2D eigenvalue weighted by Gasteiger charge is -2.20. The molecular formula is C15H22ClNO.